The average Bonchev–Trinajstić information content (AvgIpc) is 2.90. The SMILES string of the molecule is OC[C@@H]1CCC[C@@H]1N[C@H]1CCCCC12CCCCC2. The fourth-order valence-corrected chi connectivity index (χ4v) is 5.15. The van der Waals surface area contributed by atoms with E-state index in [1.165, 1.54) is 77.0 Å². The van der Waals surface area contributed by atoms with Crippen LogP contribution in [-0.2, 0) is 0 Å². The number of nitrogens with one attached hydrogen (secondary N) is 1. The van der Waals surface area contributed by atoms with Gasteiger partial charge < -0.3 is 10.4 Å². The van der Waals surface area contributed by atoms with E-state index < -0.39 is 0 Å². The predicted molar refractivity (Wildman–Crippen MR) is 79.1 cm³/mol. The zero-order chi connectivity index (χ0) is 13.1. The number of aliphatic hydroxyl groups is 1. The molecule has 2 nitrogen and oxygen atoms in total. The van der Waals surface area contributed by atoms with Crippen molar-refractivity contribution in [2.45, 2.75) is 89.1 Å². The maximum absolute atomic E-state index is 9.53. The molecule has 1 spiro atoms. The molecule has 3 atom stereocenters. The van der Waals surface area contributed by atoms with Gasteiger partial charge in [-0.25, -0.2) is 0 Å². The molecule has 0 radical (unpaired) electrons. The maximum Gasteiger partial charge on any atom is 0.0474 e. The van der Waals surface area contributed by atoms with E-state index in [2.05, 4.69) is 5.32 Å². The Balaban J connectivity index is 1.66. The summed E-state index contributed by atoms with van der Waals surface area (Å²) in [5.41, 5.74) is 0.624. The molecule has 3 aliphatic carbocycles. The predicted octanol–water partition coefficient (Wildman–Crippen LogP) is 3.63. The Morgan fingerprint density at radius 3 is 2.32 bits per heavy atom. The number of rotatable bonds is 3. The number of hydrogen-bond acceptors (Lipinski definition) is 2. The normalized spacial score (nSPS) is 38.7. The molecule has 0 heterocycles. The Kier molecular flexibility index (Phi) is 4.48. The first-order valence-corrected chi connectivity index (χ1v) is 8.71. The van der Waals surface area contributed by atoms with Crippen LogP contribution >= 0.6 is 0 Å². The first-order valence-electron chi connectivity index (χ1n) is 8.71. The molecule has 0 aromatic rings. The smallest absolute Gasteiger partial charge is 0.0474 e. The van der Waals surface area contributed by atoms with Gasteiger partial charge >= 0.3 is 0 Å². The van der Waals surface area contributed by atoms with Crippen LogP contribution < -0.4 is 5.32 Å². The Labute approximate surface area is 118 Å². The van der Waals surface area contributed by atoms with E-state index >= 15 is 0 Å². The fraction of sp³-hybridized carbons (Fsp3) is 1.00. The van der Waals surface area contributed by atoms with Crippen molar-refractivity contribution < 1.29 is 5.11 Å². The highest BCUT2D eigenvalue weighted by atomic mass is 16.3. The molecule has 0 unspecified atom stereocenters. The van der Waals surface area contributed by atoms with E-state index in [0.717, 1.165) is 6.04 Å². The highest BCUT2D eigenvalue weighted by Gasteiger charge is 2.42. The standard InChI is InChI=1S/C17H31NO/c19-13-14-7-6-8-15(14)18-16-9-2-5-12-17(16)10-3-1-4-11-17/h14-16,18-19H,1-13H2/t14-,15-,16-/m0/s1. The second-order valence-electron chi connectivity index (χ2n) is 7.37. The van der Waals surface area contributed by atoms with Crippen LogP contribution in [0.1, 0.15) is 77.0 Å². The lowest BCUT2D eigenvalue weighted by atomic mass is 9.62. The molecule has 0 bridgehead atoms. The largest absolute Gasteiger partial charge is 0.396 e. The van der Waals surface area contributed by atoms with E-state index in [1.807, 2.05) is 0 Å². The van der Waals surface area contributed by atoms with Gasteiger partial charge in [0, 0.05) is 18.7 Å². The zero-order valence-electron chi connectivity index (χ0n) is 12.4. The molecule has 3 fully saturated rings. The second kappa shape index (κ2) is 6.13. The summed E-state index contributed by atoms with van der Waals surface area (Å²) in [6, 6.07) is 1.35. The van der Waals surface area contributed by atoms with Crippen molar-refractivity contribution in [3.05, 3.63) is 0 Å². The molecule has 2 heteroatoms. The summed E-state index contributed by atoms with van der Waals surface area (Å²) in [7, 11) is 0. The van der Waals surface area contributed by atoms with E-state index in [4.69, 9.17) is 0 Å². The van der Waals surface area contributed by atoms with Gasteiger partial charge in [-0.3, -0.25) is 0 Å². The highest BCUT2D eigenvalue weighted by Crippen LogP contribution is 2.48. The molecule has 3 saturated carbocycles. The topological polar surface area (TPSA) is 32.3 Å². The molecule has 0 amide bonds. The zero-order valence-corrected chi connectivity index (χ0v) is 12.4. The van der Waals surface area contributed by atoms with Crippen LogP contribution in [0.3, 0.4) is 0 Å². The lowest BCUT2D eigenvalue weighted by molar-refractivity contribution is 0.0603. The van der Waals surface area contributed by atoms with Gasteiger partial charge in [0.05, 0.1) is 0 Å². The molecule has 0 saturated heterocycles. The molecular weight excluding hydrogens is 234 g/mol. The van der Waals surface area contributed by atoms with Gasteiger partial charge in [-0.05, 0) is 49.9 Å². The van der Waals surface area contributed by atoms with Crippen LogP contribution in [0, 0.1) is 11.3 Å². The van der Waals surface area contributed by atoms with E-state index in [0.29, 0.717) is 24.0 Å². The molecule has 3 aliphatic rings. The van der Waals surface area contributed by atoms with Gasteiger partial charge in [-0.1, -0.05) is 38.5 Å². The average molecular weight is 265 g/mol. The van der Waals surface area contributed by atoms with Crippen LogP contribution in [0.2, 0.25) is 0 Å². The minimum atomic E-state index is 0.386. The number of hydrogen-bond donors (Lipinski definition) is 2. The third-order valence-corrected chi connectivity index (χ3v) is 6.31. The van der Waals surface area contributed by atoms with Crippen molar-refractivity contribution in [3.63, 3.8) is 0 Å². The minimum absolute atomic E-state index is 0.386. The molecule has 110 valence electrons. The van der Waals surface area contributed by atoms with Crippen LogP contribution in [0.4, 0.5) is 0 Å². The van der Waals surface area contributed by atoms with Gasteiger partial charge in [0.15, 0.2) is 0 Å². The summed E-state index contributed by atoms with van der Waals surface area (Å²) >= 11 is 0. The van der Waals surface area contributed by atoms with Crippen LogP contribution in [0.25, 0.3) is 0 Å². The molecule has 3 rings (SSSR count). The first-order chi connectivity index (χ1) is 9.34. The summed E-state index contributed by atoms with van der Waals surface area (Å²) in [5.74, 6) is 0.530. The summed E-state index contributed by atoms with van der Waals surface area (Å²) < 4.78 is 0. The van der Waals surface area contributed by atoms with Crippen LogP contribution in [-0.4, -0.2) is 23.8 Å². The van der Waals surface area contributed by atoms with Crippen molar-refractivity contribution in [3.8, 4) is 0 Å². The van der Waals surface area contributed by atoms with Crippen LogP contribution in [0.15, 0.2) is 0 Å². The maximum atomic E-state index is 9.53. The molecule has 0 aliphatic heterocycles. The minimum Gasteiger partial charge on any atom is -0.396 e. The fourth-order valence-electron chi connectivity index (χ4n) is 5.15. The van der Waals surface area contributed by atoms with Crippen LogP contribution in [0.5, 0.6) is 0 Å². The molecule has 19 heavy (non-hydrogen) atoms. The van der Waals surface area contributed by atoms with Crippen molar-refractivity contribution in [2.75, 3.05) is 6.61 Å². The van der Waals surface area contributed by atoms with Crippen molar-refractivity contribution in [1.82, 2.24) is 5.32 Å². The second-order valence-corrected chi connectivity index (χ2v) is 7.37. The lowest BCUT2D eigenvalue weighted by Gasteiger charge is -2.48. The Morgan fingerprint density at radius 2 is 1.58 bits per heavy atom. The third-order valence-electron chi connectivity index (χ3n) is 6.31. The van der Waals surface area contributed by atoms with Gasteiger partial charge in [-0.15, -0.1) is 0 Å². The molecular formula is C17H31NO. The lowest BCUT2D eigenvalue weighted by Crippen LogP contribution is -2.53. The van der Waals surface area contributed by atoms with Gasteiger partial charge in [0.2, 0.25) is 0 Å². The first kappa shape index (κ1) is 13.9. The Hall–Kier alpha value is -0.0800. The van der Waals surface area contributed by atoms with E-state index in [9.17, 15) is 5.11 Å². The highest BCUT2D eigenvalue weighted by molar-refractivity contribution is 4.98. The molecule has 0 aromatic carbocycles. The van der Waals surface area contributed by atoms with Gasteiger partial charge in [0.25, 0.3) is 0 Å². The summed E-state index contributed by atoms with van der Waals surface area (Å²) in [6.45, 7) is 0.386. The van der Waals surface area contributed by atoms with Gasteiger partial charge in [0.1, 0.15) is 0 Å². The monoisotopic (exact) mass is 265 g/mol. The van der Waals surface area contributed by atoms with Crippen molar-refractivity contribution in [1.29, 1.82) is 0 Å². The molecule has 2 N–H and O–H groups in total. The van der Waals surface area contributed by atoms with E-state index in [-0.39, 0.29) is 0 Å². The third kappa shape index (κ3) is 2.85. The van der Waals surface area contributed by atoms with Gasteiger partial charge in [-0.2, -0.15) is 0 Å². The summed E-state index contributed by atoms with van der Waals surface area (Å²) in [5, 5.41) is 13.5. The molecule has 0 aromatic heterocycles. The van der Waals surface area contributed by atoms with Crippen molar-refractivity contribution in [2.24, 2.45) is 11.3 Å². The summed E-state index contributed by atoms with van der Waals surface area (Å²) in [6.07, 6.45) is 16.8. The van der Waals surface area contributed by atoms with E-state index in [1.54, 1.807) is 0 Å². The van der Waals surface area contributed by atoms with Crippen molar-refractivity contribution >= 4 is 0 Å². The summed E-state index contributed by atoms with van der Waals surface area (Å²) in [4.78, 5) is 0. The quantitative estimate of drug-likeness (QED) is 0.816. The number of aliphatic hydroxyl groups excluding tert-OH is 1. The Bertz CT molecular complexity index is 277. The Morgan fingerprint density at radius 1 is 0.842 bits per heavy atom.